The van der Waals surface area contributed by atoms with Gasteiger partial charge >= 0.3 is 0 Å². The van der Waals surface area contributed by atoms with E-state index in [1.54, 1.807) is 35.2 Å². The fourth-order valence-corrected chi connectivity index (χ4v) is 3.24. The van der Waals surface area contributed by atoms with Crippen LogP contribution in [0.3, 0.4) is 0 Å². The van der Waals surface area contributed by atoms with Crippen molar-refractivity contribution < 1.29 is 4.39 Å². The van der Waals surface area contributed by atoms with Crippen LogP contribution in [-0.4, -0.2) is 40.9 Å². The van der Waals surface area contributed by atoms with Gasteiger partial charge in [-0.1, -0.05) is 0 Å². The number of nitrogens with one attached hydrogen (secondary N) is 2. The van der Waals surface area contributed by atoms with Gasteiger partial charge in [0.25, 0.3) is 0 Å². The highest BCUT2D eigenvalue weighted by Crippen LogP contribution is 2.09. The van der Waals surface area contributed by atoms with Crippen LogP contribution in [0.4, 0.5) is 4.39 Å². The van der Waals surface area contributed by atoms with Crippen molar-refractivity contribution in [3.63, 3.8) is 0 Å². The Hall–Kier alpha value is -2.01. The van der Waals surface area contributed by atoms with E-state index in [0.29, 0.717) is 0 Å². The predicted octanol–water partition coefficient (Wildman–Crippen LogP) is 3.34. The molecule has 2 aromatic heterocycles. The van der Waals surface area contributed by atoms with Crippen molar-refractivity contribution >= 4 is 41.3 Å². The molecule has 0 bridgehead atoms. The third-order valence-corrected chi connectivity index (χ3v) is 4.80. The van der Waals surface area contributed by atoms with E-state index in [-0.39, 0.29) is 29.8 Å². The number of aliphatic imine (C=N–C) groups is 1. The van der Waals surface area contributed by atoms with Crippen LogP contribution in [0.25, 0.3) is 5.69 Å². The summed E-state index contributed by atoms with van der Waals surface area (Å²) in [4.78, 5) is 8.69. The summed E-state index contributed by atoms with van der Waals surface area (Å²) in [5, 5.41) is 14.3. The molecule has 2 N–H and O–H groups in total. The molecule has 28 heavy (non-hydrogen) atoms. The first-order chi connectivity index (χ1) is 13.1. The molecule has 0 aliphatic heterocycles. The van der Waals surface area contributed by atoms with Crippen LogP contribution in [-0.2, 0) is 12.8 Å². The lowest BCUT2D eigenvalue weighted by Gasteiger charge is -2.10. The number of thiazole rings is 1. The maximum absolute atomic E-state index is 13.0. The molecule has 0 radical (unpaired) electrons. The quantitative estimate of drug-likeness (QED) is 0.289. The van der Waals surface area contributed by atoms with Gasteiger partial charge in [-0.25, -0.2) is 14.1 Å². The van der Waals surface area contributed by atoms with Gasteiger partial charge in [0.2, 0.25) is 0 Å². The SMILES string of the molecule is CN=C(NCCc1csc(C)n1)NCCc1ccn(-c2ccc(F)cc2)n1.I. The summed E-state index contributed by atoms with van der Waals surface area (Å²) >= 11 is 1.67. The monoisotopic (exact) mass is 514 g/mol. The molecule has 0 atom stereocenters. The number of aryl methyl sites for hydroxylation is 1. The minimum atomic E-state index is -0.251. The molecule has 0 fully saturated rings. The molecule has 3 rings (SSSR count). The lowest BCUT2D eigenvalue weighted by atomic mass is 10.3. The zero-order valence-electron chi connectivity index (χ0n) is 15.9. The standard InChI is InChI=1S/C19H23FN6S.HI/c1-14-24-17(13-27-14)8-11-23-19(21-2)22-10-7-16-9-12-26(25-16)18-5-3-15(20)4-6-18;/h3-6,9,12-13H,7-8,10-11H2,1-2H3,(H2,21,22,23);1H. The van der Waals surface area contributed by atoms with Crippen LogP contribution in [0.2, 0.25) is 0 Å². The number of nitrogens with zero attached hydrogens (tertiary/aromatic N) is 4. The lowest BCUT2D eigenvalue weighted by Crippen LogP contribution is -2.39. The van der Waals surface area contributed by atoms with Gasteiger partial charge in [-0.3, -0.25) is 4.99 Å². The Morgan fingerprint density at radius 3 is 2.39 bits per heavy atom. The summed E-state index contributed by atoms with van der Waals surface area (Å²) in [6.07, 6.45) is 3.51. The summed E-state index contributed by atoms with van der Waals surface area (Å²) in [5.41, 5.74) is 2.90. The van der Waals surface area contributed by atoms with Gasteiger partial charge < -0.3 is 10.6 Å². The van der Waals surface area contributed by atoms with Gasteiger partial charge in [-0.15, -0.1) is 35.3 Å². The Balaban J connectivity index is 0.00000280. The fourth-order valence-electron chi connectivity index (χ4n) is 2.59. The number of aromatic nitrogens is 3. The summed E-state index contributed by atoms with van der Waals surface area (Å²) in [6.45, 7) is 3.51. The van der Waals surface area contributed by atoms with Crippen molar-refractivity contribution in [2.75, 3.05) is 20.1 Å². The Morgan fingerprint density at radius 1 is 1.11 bits per heavy atom. The summed E-state index contributed by atoms with van der Waals surface area (Å²) in [6, 6.07) is 8.24. The Bertz CT molecular complexity index is 890. The zero-order valence-corrected chi connectivity index (χ0v) is 19.0. The molecule has 6 nitrogen and oxygen atoms in total. The Morgan fingerprint density at radius 2 is 1.79 bits per heavy atom. The fraction of sp³-hybridized carbons (Fsp3) is 0.316. The van der Waals surface area contributed by atoms with Crippen LogP contribution in [0, 0.1) is 12.7 Å². The van der Waals surface area contributed by atoms with Crippen LogP contribution < -0.4 is 10.6 Å². The summed E-state index contributed by atoms with van der Waals surface area (Å²) < 4.78 is 14.8. The average Bonchev–Trinajstić information content (AvgIpc) is 3.30. The normalized spacial score (nSPS) is 11.2. The molecular weight excluding hydrogens is 490 g/mol. The largest absolute Gasteiger partial charge is 0.356 e. The molecule has 1 aromatic carbocycles. The molecule has 3 aromatic rings. The van der Waals surface area contributed by atoms with E-state index in [9.17, 15) is 4.39 Å². The predicted molar refractivity (Wildman–Crippen MR) is 123 cm³/mol. The number of rotatable bonds is 7. The van der Waals surface area contributed by atoms with Crippen LogP contribution in [0.1, 0.15) is 16.4 Å². The first kappa shape index (κ1) is 22.3. The molecule has 0 aliphatic carbocycles. The number of hydrogen-bond donors (Lipinski definition) is 2. The van der Waals surface area contributed by atoms with E-state index < -0.39 is 0 Å². The average molecular weight is 514 g/mol. The topological polar surface area (TPSA) is 67.1 Å². The smallest absolute Gasteiger partial charge is 0.191 e. The van der Waals surface area contributed by atoms with E-state index in [1.165, 1.54) is 12.1 Å². The van der Waals surface area contributed by atoms with Crippen LogP contribution in [0.5, 0.6) is 0 Å². The van der Waals surface area contributed by atoms with Gasteiger partial charge in [-0.05, 0) is 37.3 Å². The molecule has 150 valence electrons. The van der Waals surface area contributed by atoms with Crippen LogP contribution in [0.15, 0.2) is 46.9 Å². The highest BCUT2D eigenvalue weighted by atomic mass is 127. The maximum atomic E-state index is 13.0. The molecule has 0 saturated heterocycles. The molecule has 0 aliphatic rings. The van der Waals surface area contributed by atoms with E-state index in [1.807, 2.05) is 19.2 Å². The summed E-state index contributed by atoms with van der Waals surface area (Å²) in [7, 11) is 1.76. The van der Waals surface area contributed by atoms with Crippen molar-refractivity contribution in [1.29, 1.82) is 0 Å². The number of halogens is 2. The molecule has 9 heteroatoms. The lowest BCUT2D eigenvalue weighted by molar-refractivity contribution is 0.627. The molecular formula is C19H24FIN6S. The molecule has 0 unspecified atom stereocenters. The minimum absolute atomic E-state index is 0. The van der Waals surface area contributed by atoms with E-state index in [4.69, 9.17) is 0 Å². The van der Waals surface area contributed by atoms with Crippen LogP contribution >= 0.6 is 35.3 Å². The highest BCUT2D eigenvalue weighted by Gasteiger charge is 2.04. The van der Waals surface area contributed by atoms with Gasteiger partial charge in [0.1, 0.15) is 5.82 Å². The zero-order chi connectivity index (χ0) is 19.1. The third kappa shape index (κ3) is 6.55. The van der Waals surface area contributed by atoms with Crippen molar-refractivity contribution in [3.05, 3.63) is 64.1 Å². The molecule has 0 saturated carbocycles. The second-order valence-electron chi connectivity index (χ2n) is 6.01. The minimum Gasteiger partial charge on any atom is -0.356 e. The first-order valence-corrected chi connectivity index (χ1v) is 9.68. The molecule has 0 spiro atoms. The molecule has 2 heterocycles. The maximum Gasteiger partial charge on any atom is 0.191 e. The van der Waals surface area contributed by atoms with Gasteiger partial charge in [0.15, 0.2) is 5.96 Å². The highest BCUT2D eigenvalue weighted by molar-refractivity contribution is 14.0. The Labute approximate surface area is 185 Å². The van der Waals surface area contributed by atoms with Crippen molar-refractivity contribution in [3.8, 4) is 5.69 Å². The second kappa shape index (κ2) is 11.1. The number of benzene rings is 1. The Kier molecular flexibility index (Phi) is 8.84. The molecule has 0 amide bonds. The number of guanidine groups is 1. The number of hydrogen-bond acceptors (Lipinski definition) is 4. The van der Waals surface area contributed by atoms with Gasteiger partial charge in [-0.2, -0.15) is 5.10 Å². The van der Waals surface area contributed by atoms with Gasteiger partial charge in [0, 0.05) is 44.6 Å². The second-order valence-corrected chi connectivity index (χ2v) is 7.07. The van der Waals surface area contributed by atoms with Gasteiger partial charge in [0.05, 0.1) is 22.1 Å². The van der Waals surface area contributed by atoms with Crippen molar-refractivity contribution in [2.45, 2.75) is 19.8 Å². The third-order valence-electron chi connectivity index (χ3n) is 3.97. The first-order valence-electron chi connectivity index (χ1n) is 8.80. The summed E-state index contributed by atoms with van der Waals surface area (Å²) in [5.74, 6) is 0.513. The van der Waals surface area contributed by atoms with E-state index >= 15 is 0 Å². The van der Waals surface area contributed by atoms with Crippen molar-refractivity contribution in [1.82, 2.24) is 25.4 Å². The van der Waals surface area contributed by atoms with Crippen molar-refractivity contribution in [2.24, 2.45) is 4.99 Å². The van der Waals surface area contributed by atoms with E-state index in [2.05, 4.69) is 31.1 Å². The van der Waals surface area contributed by atoms with E-state index in [0.717, 1.165) is 54.0 Å².